The minimum atomic E-state index is -1.68. The van der Waals surface area contributed by atoms with Gasteiger partial charge in [-0.1, -0.05) is 6.07 Å². The number of carbonyl (C=O) groups is 1. The third-order valence-corrected chi connectivity index (χ3v) is 3.77. The summed E-state index contributed by atoms with van der Waals surface area (Å²) in [6, 6.07) is 4.10. The molecular weight excluding hydrogens is 324 g/mol. The molecule has 1 aliphatic rings. The zero-order valence-corrected chi connectivity index (χ0v) is 12.6. The van der Waals surface area contributed by atoms with E-state index in [1.54, 1.807) is 0 Å². The fourth-order valence-corrected chi connectivity index (χ4v) is 2.38. The Morgan fingerprint density at radius 1 is 1.12 bits per heavy atom. The van der Waals surface area contributed by atoms with Gasteiger partial charge in [0.25, 0.3) is 0 Å². The van der Waals surface area contributed by atoms with Crippen LogP contribution in [0.4, 0.5) is 0 Å². The molecule has 1 fully saturated rings. The monoisotopic (exact) mass is 344 g/mol. The van der Waals surface area contributed by atoms with Gasteiger partial charge in [-0.2, -0.15) is 0 Å². The highest BCUT2D eigenvalue weighted by molar-refractivity contribution is 5.70. The predicted molar refractivity (Wildman–Crippen MR) is 78.0 cm³/mol. The van der Waals surface area contributed by atoms with E-state index >= 15 is 0 Å². The smallest absolute Gasteiger partial charge is 0.306 e. The van der Waals surface area contributed by atoms with Crippen molar-refractivity contribution in [1.29, 1.82) is 0 Å². The molecule has 1 aromatic rings. The zero-order valence-electron chi connectivity index (χ0n) is 12.6. The summed E-state index contributed by atoms with van der Waals surface area (Å²) in [7, 11) is 0. The van der Waals surface area contributed by atoms with Gasteiger partial charge in [0.15, 0.2) is 23.9 Å². The van der Waals surface area contributed by atoms with Crippen LogP contribution in [0.3, 0.4) is 0 Å². The van der Waals surface area contributed by atoms with Gasteiger partial charge in [0.1, 0.15) is 18.3 Å². The molecule has 0 bridgehead atoms. The van der Waals surface area contributed by atoms with Crippen molar-refractivity contribution in [3.05, 3.63) is 23.8 Å². The number of hydrogen-bond acceptors (Lipinski definition) is 9. The first-order valence-electron chi connectivity index (χ1n) is 7.34. The summed E-state index contributed by atoms with van der Waals surface area (Å²) in [5.41, 5.74) is 0.573. The number of carbonyl (C=O) groups excluding carboxylic acids is 1. The zero-order chi connectivity index (χ0) is 17.9. The van der Waals surface area contributed by atoms with Crippen molar-refractivity contribution < 1.29 is 44.9 Å². The van der Waals surface area contributed by atoms with E-state index in [0.717, 1.165) is 0 Å². The second-order valence-corrected chi connectivity index (χ2v) is 5.51. The Bertz CT molecular complexity index is 576. The van der Waals surface area contributed by atoms with E-state index in [2.05, 4.69) is 0 Å². The van der Waals surface area contributed by atoms with E-state index in [4.69, 9.17) is 14.6 Å². The highest BCUT2D eigenvalue weighted by atomic mass is 16.7. The topological polar surface area (TPSA) is 157 Å². The maximum atomic E-state index is 11.8. The van der Waals surface area contributed by atoms with Gasteiger partial charge < -0.3 is 40.1 Å². The maximum absolute atomic E-state index is 11.8. The number of rotatable bonds is 5. The molecule has 0 unspecified atom stereocenters. The predicted octanol–water partition coefficient (Wildman–Crippen LogP) is -1.63. The highest BCUT2D eigenvalue weighted by Gasteiger charge is 2.45. The SMILES string of the molecule is O=C(CCc1ccc(O)c(O)c1)O[C@@H]1[C@@H](O)[C@H](O)[C@@H](CO)O[C@@H]1O. The fraction of sp³-hybridized carbons (Fsp3) is 0.533. The molecule has 1 aliphatic heterocycles. The summed E-state index contributed by atoms with van der Waals surface area (Å²) in [6.07, 6.45) is -7.39. The molecule has 0 amide bonds. The first-order valence-corrected chi connectivity index (χ1v) is 7.34. The molecule has 5 atom stereocenters. The minimum absolute atomic E-state index is 0.125. The molecule has 1 aromatic carbocycles. The van der Waals surface area contributed by atoms with Crippen LogP contribution in [0.5, 0.6) is 11.5 Å². The molecule has 9 nitrogen and oxygen atoms in total. The van der Waals surface area contributed by atoms with Crippen LogP contribution in [0.1, 0.15) is 12.0 Å². The summed E-state index contributed by atoms with van der Waals surface area (Å²) >= 11 is 0. The van der Waals surface area contributed by atoms with Gasteiger partial charge in [-0.15, -0.1) is 0 Å². The molecule has 0 aromatic heterocycles. The lowest BCUT2D eigenvalue weighted by Crippen LogP contribution is -2.59. The lowest BCUT2D eigenvalue weighted by atomic mass is 9.99. The lowest BCUT2D eigenvalue weighted by molar-refractivity contribution is -0.290. The molecule has 0 radical (unpaired) electrons. The number of aromatic hydroxyl groups is 2. The van der Waals surface area contributed by atoms with Crippen LogP contribution in [0, 0.1) is 0 Å². The lowest BCUT2D eigenvalue weighted by Gasteiger charge is -2.39. The van der Waals surface area contributed by atoms with Crippen molar-refractivity contribution in [2.45, 2.75) is 43.5 Å². The number of esters is 1. The van der Waals surface area contributed by atoms with E-state index in [1.807, 2.05) is 0 Å². The summed E-state index contributed by atoms with van der Waals surface area (Å²) < 4.78 is 9.82. The molecule has 0 spiro atoms. The molecule has 1 saturated heterocycles. The quantitative estimate of drug-likeness (QED) is 0.273. The summed E-state index contributed by atoms with van der Waals surface area (Å²) in [6.45, 7) is -0.611. The number of aryl methyl sites for hydroxylation is 1. The Balaban J connectivity index is 1.90. The first-order chi connectivity index (χ1) is 11.3. The van der Waals surface area contributed by atoms with Gasteiger partial charge in [0.05, 0.1) is 6.61 Å². The van der Waals surface area contributed by atoms with Crippen LogP contribution < -0.4 is 0 Å². The van der Waals surface area contributed by atoms with Gasteiger partial charge in [0.2, 0.25) is 0 Å². The second kappa shape index (κ2) is 7.77. The van der Waals surface area contributed by atoms with E-state index in [0.29, 0.717) is 5.56 Å². The van der Waals surface area contributed by atoms with Crippen molar-refractivity contribution >= 4 is 5.97 Å². The van der Waals surface area contributed by atoms with E-state index in [-0.39, 0.29) is 24.3 Å². The van der Waals surface area contributed by atoms with Gasteiger partial charge in [-0.25, -0.2) is 0 Å². The maximum Gasteiger partial charge on any atom is 0.306 e. The largest absolute Gasteiger partial charge is 0.504 e. The van der Waals surface area contributed by atoms with Gasteiger partial charge >= 0.3 is 5.97 Å². The third kappa shape index (κ3) is 4.13. The van der Waals surface area contributed by atoms with Crippen molar-refractivity contribution in [3.63, 3.8) is 0 Å². The van der Waals surface area contributed by atoms with Gasteiger partial charge in [-0.3, -0.25) is 4.79 Å². The number of hydrogen-bond donors (Lipinski definition) is 6. The molecule has 0 aliphatic carbocycles. The average Bonchev–Trinajstić information content (AvgIpc) is 2.56. The molecular formula is C15H20O9. The van der Waals surface area contributed by atoms with Gasteiger partial charge in [0, 0.05) is 6.42 Å². The van der Waals surface area contributed by atoms with Crippen LogP contribution in [0.25, 0.3) is 0 Å². The summed E-state index contributed by atoms with van der Waals surface area (Å²) in [5.74, 6) is -1.35. The molecule has 2 rings (SSSR count). The van der Waals surface area contributed by atoms with Crippen LogP contribution in [0.2, 0.25) is 0 Å². The highest BCUT2D eigenvalue weighted by Crippen LogP contribution is 2.26. The first kappa shape index (κ1) is 18.4. The standard InChI is InChI=1S/C15H20O9/c16-6-10-12(20)13(21)14(15(22)23-10)24-11(19)4-2-7-1-3-8(17)9(18)5-7/h1,3,5,10,12-18,20-22H,2,4,6H2/t10-,12-,13+,14-,15+/m1/s1. The van der Waals surface area contributed by atoms with E-state index in [1.165, 1.54) is 18.2 Å². The molecule has 9 heteroatoms. The molecule has 134 valence electrons. The summed E-state index contributed by atoms with van der Waals surface area (Å²) in [4.78, 5) is 11.8. The molecule has 0 saturated carbocycles. The second-order valence-electron chi connectivity index (χ2n) is 5.51. The number of phenolic OH excluding ortho intramolecular Hbond substituents is 2. The Labute approximate surface area is 137 Å². The number of phenols is 2. The Hall–Kier alpha value is -1.91. The van der Waals surface area contributed by atoms with Crippen LogP contribution in [-0.2, 0) is 20.7 Å². The number of ether oxygens (including phenoxy) is 2. The minimum Gasteiger partial charge on any atom is -0.504 e. The molecule has 1 heterocycles. The third-order valence-electron chi connectivity index (χ3n) is 3.77. The van der Waals surface area contributed by atoms with Gasteiger partial charge in [-0.05, 0) is 24.1 Å². The van der Waals surface area contributed by atoms with Crippen molar-refractivity contribution in [2.75, 3.05) is 6.61 Å². The number of aliphatic hydroxyl groups excluding tert-OH is 4. The van der Waals surface area contributed by atoms with Crippen molar-refractivity contribution in [2.24, 2.45) is 0 Å². The van der Waals surface area contributed by atoms with Crippen LogP contribution >= 0.6 is 0 Å². The van der Waals surface area contributed by atoms with Crippen LogP contribution in [0.15, 0.2) is 18.2 Å². The normalized spacial score (nSPS) is 30.1. The van der Waals surface area contributed by atoms with Crippen LogP contribution in [-0.4, -0.2) is 73.9 Å². The fourth-order valence-electron chi connectivity index (χ4n) is 2.38. The summed E-state index contributed by atoms with van der Waals surface area (Å²) in [5, 5.41) is 56.9. The Morgan fingerprint density at radius 3 is 2.46 bits per heavy atom. The van der Waals surface area contributed by atoms with E-state index < -0.39 is 43.3 Å². The average molecular weight is 344 g/mol. The Kier molecular flexibility index (Phi) is 5.97. The van der Waals surface area contributed by atoms with Crippen molar-refractivity contribution in [1.82, 2.24) is 0 Å². The Morgan fingerprint density at radius 2 is 1.83 bits per heavy atom. The molecule has 24 heavy (non-hydrogen) atoms. The number of aliphatic hydroxyl groups is 4. The number of benzene rings is 1. The van der Waals surface area contributed by atoms with E-state index in [9.17, 15) is 30.3 Å². The van der Waals surface area contributed by atoms with Crippen molar-refractivity contribution in [3.8, 4) is 11.5 Å². The molecule has 6 N–H and O–H groups in total.